The largest absolute Gasteiger partial charge is 0.507 e. The Bertz CT molecular complexity index is 1010. The van der Waals surface area contributed by atoms with Crippen molar-refractivity contribution in [3.8, 4) is 17.2 Å². The van der Waals surface area contributed by atoms with Gasteiger partial charge < -0.3 is 29.0 Å². The van der Waals surface area contributed by atoms with Gasteiger partial charge in [-0.25, -0.2) is 0 Å². The Kier molecular flexibility index (Phi) is 7.37. The molecule has 0 bridgehead atoms. The predicted molar refractivity (Wildman–Crippen MR) is 118 cm³/mol. The normalized spacial score (nSPS) is 17.5. The lowest BCUT2D eigenvalue weighted by atomic mass is 9.95. The average Bonchev–Trinajstić information content (AvgIpc) is 3.07. The molecule has 1 aliphatic heterocycles. The van der Waals surface area contributed by atoms with Crippen molar-refractivity contribution in [2.45, 2.75) is 13.0 Å². The number of rotatable bonds is 9. The Morgan fingerprint density at radius 1 is 1.00 bits per heavy atom. The lowest BCUT2D eigenvalue weighted by Gasteiger charge is -2.25. The van der Waals surface area contributed by atoms with E-state index >= 15 is 0 Å². The molecule has 0 aromatic heterocycles. The number of carbonyl (C=O) groups excluding carboxylic acids is 2. The zero-order valence-electron chi connectivity index (χ0n) is 18.6. The fourth-order valence-corrected chi connectivity index (χ4v) is 3.68. The molecule has 3 rings (SSSR count). The molecule has 1 fully saturated rings. The molecule has 0 aliphatic carbocycles. The van der Waals surface area contributed by atoms with Crippen molar-refractivity contribution in [3.63, 3.8) is 0 Å². The van der Waals surface area contributed by atoms with E-state index in [2.05, 4.69) is 0 Å². The molecule has 1 atom stereocenters. The summed E-state index contributed by atoms with van der Waals surface area (Å²) in [5.41, 5.74) is 1.01. The number of Topliss-reactive ketones (excluding diaryl/α,β-unsaturated/α-hetero) is 1. The van der Waals surface area contributed by atoms with E-state index in [0.717, 1.165) is 0 Å². The number of likely N-dealkylation sites (tertiary alicyclic amines) is 1. The van der Waals surface area contributed by atoms with Gasteiger partial charge in [0.1, 0.15) is 11.5 Å². The third-order valence-corrected chi connectivity index (χ3v) is 5.24. The number of hydrogen-bond donors (Lipinski definition) is 1. The smallest absolute Gasteiger partial charge is 0.295 e. The highest BCUT2D eigenvalue weighted by Gasteiger charge is 2.46. The number of methoxy groups -OCH3 is 3. The lowest BCUT2D eigenvalue weighted by Crippen LogP contribution is -2.32. The second-order valence-electron chi connectivity index (χ2n) is 7.06. The molecule has 0 radical (unpaired) electrons. The molecule has 1 aliphatic rings. The molecule has 8 heteroatoms. The van der Waals surface area contributed by atoms with Crippen LogP contribution in [0.4, 0.5) is 0 Å². The van der Waals surface area contributed by atoms with Crippen LogP contribution in [0.25, 0.3) is 5.76 Å². The summed E-state index contributed by atoms with van der Waals surface area (Å²) >= 11 is 0. The van der Waals surface area contributed by atoms with E-state index in [4.69, 9.17) is 18.9 Å². The summed E-state index contributed by atoms with van der Waals surface area (Å²) in [5, 5.41) is 11.1. The molecular weight excluding hydrogens is 414 g/mol. The van der Waals surface area contributed by atoms with Crippen molar-refractivity contribution in [2.75, 3.05) is 41.1 Å². The number of ketones is 1. The summed E-state index contributed by atoms with van der Waals surface area (Å²) in [6.45, 7) is 2.74. The van der Waals surface area contributed by atoms with Gasteiger partial charge in [-0.1, -0.05) is 6.07 Å². The van der Waals surface area contributed by atoms with Crippen LogP contribution < -0.4 is 14.2 Å². The third-order valence-electron chi connectivity index (χ3n) is 5.24. The molecule has 1 heterocycles. The van der Waals surface area contributed by atoms with Crippen molar-refractivity contribution in [3.05, 3.63) is 59.2 Å². The van der Waals surface area contributed by atoms with Crippen LogP contribution in [0.5, 0.6) is 17.2 Å². The van der Waals surface area contributed by atoms with Crippen molar-refractivity contribution in [1.82, 2.24) is 4.90 Å². The molecule has 2 aromatic carbocycles. The van der Waals surface area contributed by atoms with Gasteiger partial charge in [0, 0.05) is 19.2 Å². The summed E-state index contributed by atoms with van der Waals surface area (Å²) in [4.78, 5) is 27.3. The zero-order valence-corrected chi connectivity index (χ0v) is 18.6. The van der Waals surface area contributed by atoms with E-state index in [0.29, 0.717) is 35.0 Å². The Morgan fingerprint density at radius 2 is 1.72 bits per heavy atom. The molecule has 0 unspecified atom stereocenters. The van der Waals surface area contributed by atoms with Crippen molar-refractivity contribution in [2.24, 2.45) is 0 Å². The van der Waals surface area contributed by atoms with Crippen LogP contribution in [0.1, 0.15) is 24.1 Å². The molecular formula is C24H27NO7. The average molecular weight is 441 g/mol. The van der Waals surface area contributed by atoms with E-state index in [-0.39, 0.29) is 24.5 Å². The maximum absolute atomic E-state index is 13.0. The SMILES string of the molecule is CCOc1ccc([C@@H]2C(=C(O)c3ccc(OC)cc3)C(=O)C(=O)N2CCOC)cc1OC. The van der Waals surface area contributed by atoms with Crippen LogP contribution >= 0.6 is 0 Å². The monoisotopic (exact) mass is 441 g/mol. The highest BCUT2D eigenvalue weighted by atomic mass is 16.5. The number of benzene rings is 2. The molecule has 1 saturated heterocycles. The molecule has 1 N–H and O–H groups in total. The third kappa shape index (κ3) is 4.40. The topological polar surface area (TPSA) is 94.5 Å². The van der Waals surface area contributed by atoms with Gasteiger partial charge in [-0.3, -0.25) is 9.59 Å². The molecule has 0 spiro atoms. The molecule has 0 saturated carbocycles. The number of hydrogen-bond acceptors (Lipinski definition) is 7. The van der Waals surface area contributed by atoms with Crippen molar-refractivity contribution < 1.29 is 33.6 Å². The van der Waals surface area contributed by atoms with Gasteiger partial charge in [-0.05, 0) is 48.9 Å². The standard InChI is InChI=1S/C24H27NO7/c1-5-32-18-11-8-16(14-19(18)31-4)21-20(23(27)24(28)25(21)12-13-29-2)22(26)15-6-9-17(30-3)10-7-15/h6-11,14,21,26H,5,12-13H2,1-4H3/t21-/m1/s1. The molecule has 1 amide bonds. The summed E-state index contributed by atoms with van der Waals surface area (Å²) in [5.74, 6) is -0.102. The Morgan fingerprint density at radius 3 is 2.31 bits per heavy atom. The first-order valence-corrected chi connectivity index (χ1v) is 10.2. The second-order valence-corrected chi connectivity index (χ2v) is 7.06. The first-order valence-electron chi connectivity index (χ1n) is 10.2. The second kappa shape index (κ2) is 10.2. The number of nitrogens with zero attached hydrogens (tertiary/aromatic N) is 1. The van der Waals surface area contributed by atoms with Gasteiger partial charge >= 0.3 is 0 Å². The van der Waals surface area contributed by atoms with Gasteiger partial charge in [0.15, 0.2) is 11.5 Å². The predicted octanol–water partition coefficient (Wildman–Crippen LogP) is 3.17. The number of aliphatic hydroxyl groups is 1. The number of carbonyl (C=O) groups is 2. The fourth-order valence-electron chi connectivity index (χ4n) is 3.68. The van der Waals surface area contributed by atoms with Crippen molar-refractivity contribution in [1.29, 1.82) is 0 Å². The number of aliphatic hydroxyl groups excluding tert-OH is 1. The first-order chi connectivity index (χ1) is 15.5. The van der Waals surface area contributed by atoms with Crippen LogP contribution in [0.15, 0.2) is 48.0 Å². The summed E-state index contributed by atoms with van der Waals surface area (Å²) in [6.07, 6.45) is 0. The Balaban J connectivity index is 2.15. The number of ether oxygens (including phenoxy) is 4. The van der Waals surface area contributed by atoms with Crippen LogP contribution in [0.2, 0.25) is 0 Å². The van der Waals surface area contributed by atoms with Crippen molar-refractivity contribution >= 4 is 17.4 Å². The van der Waals surface area contributed by atoms with E-state index in [1.807, 2.05) is 6.92 Å². The maximum atomic E-state index is 13.0. The van der Waals surface area contributed by atoms with Gasteiger partial charge in [-0.2, -0.15) is 0 Å². The number of amides is 1. The van der Waals surface area contributed by atoms with E-state index in [1.54, 1.807) is 42.5 Å². The first kappa shape index (κ1) is 23.1. The Labute approximate surface area is 187 Å². The maximum Gasteiger partial charge on any atom is 0.295 e. The van der Waals surface area contributed by atoms with E-state index < -0.39 is 17.7 Å². The minimum Gasteiger partial charge on any atom is -0.507 e. The molecule has 8 nitrogen and oxygen atoms in total. The van der Waals surface area contributed by atoms with E-state index in [1.165, 1.54) is 26.2 Å². The van der Waals surface area contributed by atoms with Crippen LogP contribution in [0, 0.1) is 0 Å². The summed E-state index contributed by atoms with van der Waals surface area (Å²) in [7, 11) is 4.57. The van der Waals surface area contributed by atoms with Gasteiger partial charge in [0.05, 0.1) is 39.0 Å². The molecule has 2 aromatic rings. The van der Waals surface area contributed by atoms with Gasteiger partial charge in [-0.15, -0.1) is 0 Å². The zero-order chi connectivity index (χ0) is 23.3. The molecule has 170 valence electrons. The Hall–Kier alpha value is -3.52. The van der Waals surface area contributed by atoms with Gasteiger partial charge in [0.25, 0.3) is 11.7 Å². The molecule has 32 heavy (non-hydrogen) atoms. The lowest BCUT2D eigenvalue weighted by molar-refractivity contribution is -0.140. The van der Waals surface area contributed by atoms with Crippen LogP contribution in [-0.2, 0) is 14.3 Å². The van der Waals surface area contributed by atoms with Crippen LogP contribution in [0.3, 0.4) is 0 Å². The highest BCUT2D eigenvalue weighted by molar-refractivity contribution is 6.46. The van der Waals surface area contributed by atoms with Gasteiger partial charge in [0.2, 0.25) is 0 Å². The quantitative estimate of drug-likeness (QED) is 0.363. The highest BCUT2D eigenvalue weighted by Crippen LogP contribution is 2.42. The fraction of sp³-hybridized carbons (Fsp3) is 0.333. The summed E-state index contributed by atoms with van der Waals surface area (Å²) < 4.78 is 21.3. The van der Waals surface area contributed by atoms with E-state index in [9.17, 15) is 14.7 Å². The van der Waals surface area contributed by atoms with Crippen LogP contribution in [-0.4, -0.2) is 62.8 Å². The minimum atomic E-state index is -0.808. The summed E-state index contributed by atoms with van der Waals surface area (Å²) in [6, 6.07) is 11.0. The minimum absolute atomic E-state index is 0.00230.